The van der Waals surface area contributed by atoms with Gasteiger partial charge in [0.2, 0.25) is 11.9 Å². The Morgan fingerprint density at radius 1 is 1.30 bits per heavy atom. The summed E-state index contributed by atoms with van der Waals surface area (Å²) in [7, 11) is 1.67. The lowest BCUT2D eigenvalue weighted by Gasteiger charge is -2.33. The minimum Gasteiger partial charge on any atom is -0.385 e. The Kier molecular flexibility index (Phi) is 6.89. The number of nitrogens with zero attached hydrogens (tertiary/aromatic N) is 5. The van der Waals surface area contributed by atoms with Crippen molar-refractivity contribution in [3.8, 4) is 5.95 Å². The Labute approximate surface area is 160 Å². The van der Waals surface area contributed by atoms with Crippen LogP contribution in [0.5, 0.6) is 0 Å². The molecule has 0 aliphatic carbocycles. The van der Waals surface area contributed by atoms with Crippen LogP contribution in [0.4, 0.5) is 0 Å². The zero-order valence-electron chi connectivity index (χ0n) is 16.1. The number of imidazole rings is 1. The smallest absolute Gasteiger partial charge is 0.243 e. The molecule has 0 radical (unpaired) electrons. The van der Waals surface area contributed by atoms with Crippen molar-refractivity contribution in [2.45, 2.75) is 38.6 Å². The number of carbonyl (C=O) groups excluding carboxylic acids is 1. The summed E-state index contributed by atoms with van der Waals surface area (Å²) in [6, 6.07) is 1.51. The van der Waals surface area contributed by atoms with Crippen LogP contribution in [0.1, 0.15) is 43.1 Å². The number of piperidine rings is 1. The molecule has 8 nitrogen and oxygen atoms in total. The Balaban J connectivity index is 1.86. The molecule has 1 atom stereocenters. The number of hydrogen-bond donors (Lipinski definition) is 1. The van der Waals surface area contributed by atoms with Gasteiger partial charge in [0.1, 0.15) is 12.4 Å². The van der Waals surface area contributed by atoms with Gasteiger partial charge >= 0.3 is 0 Å². The Hall–Kier alpha value is -2.32. The highest BCUT2D eigenvalue weighted by Crippen LogP contribution is 2.25. The van der Waals surface area contributed by atoms with Gasteiger partial charge in [-0.05, 0) is 45.3 Å². The third-order valence-electron chi connectivity index (χ3n) is 4.71. The summed E-state index contributed by atoms with van der Waals surface area (Å²) in [4.78, 5) is 28.5. The highest BCUT2D eigenvalue weighted by Gasteiger charge is 2.30. The van der Waals surface area contributed by atoms with Crippen LogP contribution in [0.25, 0.3) is 5.95 Å². The summed E-state index contributed by atoms with van der Waals surface area (Å²) >= 11 is 0. The highest BCUT2D eigenvalue weighted by molar-refractivity contribution is 5.82. The average molecular weight is 372 g/mol. The first-order valence-corrected chi connectivity index (χ1v) is 9.53. The lowest BCUT2D eigenvalue weighted by molar-refractivity contribution is -0.127. The van der Waals surface area contributed by atoms with Crippen molar-refractivity contribution in [3.05, 3.63) is 36.2 Å². The fourth-order valence-corrected chi connectivity index (χ4v) is 3.40. The predicted octanol–water partition coefficient (Wildman–Crippen LogP) is 1.65. The van der Waals surface area contributed by atoms with Gasteiger partial charge in [-0.1, -0.05) is 6.42 Å². The number of methoxy groups -OCH3 is 1. The second-order valence-corrected chi connectivity index (χ2v) is 6.84. The molecule has 0 spiro atoms. The molecule has 0 aromatic carbocycles. The molecule has 1 saturated heterocycles. The molecule has 1 aliphatic heterocycles. The number of rotatable bonds is 8. The van der Waals surface area contributed by atoms with E-state index in [9.17, 15) is 4.79 Å². The van der Waals surface area contributed by atoms with E-state index < -0.39 is 6.04 Å². The lowest BCUT2D eigenvalue weighted by Crippen LogP contribution is -2.43. The number of ether oxygens (including phenoxy) is 1. The summed E-state index contributed by atoms with van der Waals surface area (Å²) in [5.41, 5.74) is 1.57. The molecule has 146 valence electrons. The van der Waals surface area contributed by atoms with E-state index in [2.05, 4.69) is 20.2 Å². The number of aromatic nitrogens is 4. The van der Waals surface area contributed by atoms with Crippen molar-refractivity contribution in [1.82, 2.24) is 29.7 Å². The molecule has 0 saturated carbocycles. The first-order chi connectivity index (χ1) is 13.2. The molecular weight excluding hydrogens is 344 g/mol. The van der Waals surface area contributed by atoms with Crippen molar-refractivity contribution in [1.29, 1.82) is 0 Å². The minimum atomic E-state index is -0.406. The van der Waals surface area contributed by atoms with Crippen LogP contribution in [-0.2, 0) is 9.53 Å². The van der Waals surface area contributed by atoms with E-state index in [1.165, 1.54) is 6.42 Å². The normalized spacial score (nSPS) is 16.2. The number of carbonyl (C=O) groups is 1. The van der Waals surface area contributed by atoms with Gasteiger partial charge in [-0.3, -0.25) is 14.3 Å². The fraction of sp³-hybridized carbons (Fsp3) is 0.579. The maximum atomic E-state index is 13.0. The van der Waals surface area contributed by atoms with Crippen LogP contribution < -0.4 is 5.32 Å². The van der Waals surface area contributed by atoms with Crippen molar-refractivity contribution in [2.75, 3.05) is 33.4 Å². The van der Waals surface area contributed by atoms with Gasteiger partial charge in [0.15, 0.2) is 0 Å². The minimum absolute atomic E-state index is 0.0114. The standard InChI is InChI=1S/C19H28N6O2/c1-15-13-16(23-19(22-15)25-11-8-20-14-25)17(24-9-4-3-5-10-24)18(26)21-7-6-12-27-2/h8,11,13-14,17H,3-7,9-10,12H2,1-2H3,(H,21,26). The number of likely N-dealkylation sites (tertiary alicyclic amines) is 1. The van der Waals surface area contributed by atoms with Crippen molar-refractivity contribution >= 4 is 5.91 Å². The maximum Gasteiger partial charge on any atom is 0.243 e. The number of hydrogen-bond acceptors (Lipinski definition) is 6. The quantitative estimate of drug-likeness (QED) is 0.709. The molecule has 0 bridgehead atoms. The molecule has 2 aromatic heterocycles. The second kappa shape index (κ2) is 9.57. The maximum absolute atomic E-state index is 13.0. The van der Waals surface area contributed by atoms with E-state index in [4.69, 9.17) is 9.72 Å². The molecule has 1 unspecified atom stereocenters. The summed E-state index contributed by atoms with van der Waals surface area (Å²) in [5, 5.41) is 3.05. The van der Waals surface area contributed by atoms with E-state index in [1.807, 2.05) is 13.0 Å². The van der Waals surface area contributed by atoms with E-state index in [0.717, 1.165) is 43.7 Å². The molecule has 2 aromatic rings. The van der Waals surface area contributed by atoms with E-state index in [0.29, 0.717) is 19.1 Å². The summed E-state index contributed by atoms with van der Waals surface area (Å²) in [6.45, 7) is 4.95. The molecule has 27 heavy (non-hydrogen) atoms. The number of amides is 1. The van der Waals surface area contributed by atoms with E-state index in [-0.39, 0.29) is 5.91 Å². The Bertz CT molecular complexity index is 728. The summed E-state index contributed by atoms with van der Waals surface area (Å²) in [5.74, 6) is 0.527. The number of nitrogens with one attached hydrogen (secondary N) is 1. The van der Waals surface area contributed by atoms with Gasteiger partial charge in [0, 0.05) is 38.3 Å². The van der Waals surface area contributed by atoms with Crippen molar-refractivity contribution in [2.24, 2.45) is 0 Å². The highest BCUT2D eigenvalue weighted by atomic mass is 16.5. The van der Waals surface area contributed by atoms with Crippen LogP contribution in [0, 0.1) is 6.92 Å². The lowest BCUT2D eigenvalue weighted by atomic mass is 10.0. The zero-order valence-corrected chi connectivity index (χ0v) is 16.1. The van der Waals surface area contributed by atoms with Crippen LogP contribution in [0.3, 0.4) is 0 Å². The predicted molar refractivity (Wildman–Crippen MR) is 102 cm³/mol. The molecular formula is C19H28N6O2. The van der Waals surface area contributed by atoms with E-state index >= 15 is 0 Å². The fourth-order valence-electron chi connectivity index (χ4n) is 3.40. The molecule has 1 aliphatic rings. The average Bonchev–Trinajstić information content (AvgIpc) is 3.21. The van der Waals surface area contributed by atoms with Gasteiger partial charge in [-0.2, -0.15) is 0 Å². The Morgan fingerprint density at radius 2 is 2.11 bits per heavy atom. The zero-order chi connectivity index (χ0) is 19.1. The van der Waals surface area contributed by atoms with Gasteiger partial charge in [-0.25, -0.2) is 15.0 Å². The molecule has 3 rings (SSSR count). The van der Waals surface area contributed by atoms with Gasteiger partial charge in [0.05, 0.1) is 5.69 Å². The van der Waals surface area contributed by atoms with Crippen molar-refractivity contribution in [3.63, 3.8) is 0 Å². The summed E-state index contributed by atoms with van der Waals surface area (Å²) < 4.78 is 6.83. The first-order valence-electron chi connectivity index (χ1n) is 9.53. The topological polar surface area (TPSA) is 85.2 Å². The molecule has 3 heterocycles. The van der Waals surface area contributed by atoms with Crippen LogP contribution >= 0.6 is 0 Å². The Morgan fingerprint density at radius 3 is 2.81 bits per heavy atom. The second-order valence-electron chi connectivity index (χ2n) is 6.84. The van der Waals surface area contributed by atoms with E-state index in [1.54, 1.807) is 30.4 Å². The molecule has 1 amide bonds. The van der Waals surface area contributed by atoms with Crippen LogP contribution in [-0.4, -0.2) is 63.7 Å². The van der Waals surface area contributed by atoms with Crippen LogP contribution in [0.2, 0.25) is 0 Å². The SMILES string of the molecule is COCCCNC(=O)C(c1cc(C)nc(-n2ccnc2)n1)N1CCCCC1. The van der Waals surface area contributed by atoms with Crippen LogP contribution in [0.15, 0.2) is 24.8 Å². The molecule has 1 fully saturated rings. The third kappa shape index (κ3) is 5.11. The monoisotopic (exact) mass is 372 g/mol. The largest absolute Gasteiger partial charge is 0.385 e. The van der Waals surface area contributed by atoms with Gasteiger partial charge < -0.3 is 10.1 Å². The molecule has 8 heteroatoms. The first kappa shape index (κ1) is 19.4. The van der Waals surface area contributed by atoms with Crippen molar-refractivity contribution < 1.29 is 9.53 Å². The van der Waals surface area contributed by atoms with Gasteiger partial charge in [0.25, 0.3) is 0 Å². The van der Waals surface area contributed by atoms with Gasteiger partial charge in [-0.15, -0.1) is 0 Å². The molecule has 1 N–H and O–H groups in total. The number of aryl methyl sites for hydroxylation is 1. The third-order valence-corrected chi connectivity index (χ3v) is 4.71. The summed E-state index contributed by atoms with van der Waals surface area (Å²) in [6.07, 6.45) is 9.37.